The molecular weight excluding hydrogens is 434 g/mol. The van der Waals surface area contributed by atoms with E-state index in [1.807, 2.05) is 4.74 Å². The molecule has 0 spiro atoms. The molecule has 0 rings (SSSR count). The molecule has 0 aliphatic carbocycles. The van der Waals surface area contributed by atoms with E-state index in [0.29, 0.717) is 0 Å². The predicted molar refractivity (Wildman–Crippen MR) is 53.2 cm³/mol. The highest BCUT2D eigenvalue weighted by molar-refractivity contribution is 5.84. The molecule has 0 aliphatic rings. The number of carbonyl (C=O) groups excluding carboxylic acids is 1. The van der Waals surface area contributed by atoms with Gasteiger partial charge >= 0.3 is 42.2 Å². The largest absolute Gasteiger partial charge is 0.458 e. The highest BCUT2D eigenvalue weighted by atomic mass is 19.4. The van der Waals surface area contributed by atoms with E-state index >= 15 is 0 Å². The average molecular weight is 440 g/mol. The summed E-state index contributed by atoms with van der Waals surface area (Å²) in [6.45, 7) is -1.40. The number of carbonyl (C=O) groups is 1. The monoisotopic (exact) mass is 440 g/mol. The Kier molecular flexibility index (Phi) is 6.26. The van der Waals surface area contributed by atoms with Gasteiger partial charge in [-0.2, -0.15) is 61.5 Å². The standard InChI is InChI=1S/C10H6F14O3/c1-3(25)5(13,7(15,16)17)26-10(23,24)6(14,8(18,19)20)27-9(21,22)4(2,11)12/h1-2H3. The lowest BCUT2D eigenvalue weighted by atomic mass is 10.2. The highest BCUT2D eigenvalue weighted by Gasteiger charge is 2.82. The van der Waals surface area contributed by atoms with Gasteiger partial charge in [0.05, 0.1) is 0 Å². The molecule has 2 atom stereocenters. The van der Waals surface area contributed by atoms with Crippen LogP contribution in [0, 0.1) is 0 Å². The zero-order chi connectivity index (χ0) is 22.5. The molecule has 0 amide bonds. The van der Waals surface area contributed by atoms with Gasteiger partial charge in [0.1, 0.15) is 0 Å². The van der Waals surface area contributed by atoms with Crippen molar-refractivity contribution in [2.75, 3.05) is 0 Å². The molecule has 2 unspecified atom stereocenters. The van der Waals surface area contributed by atoms with E-state index in [1.54, 1.807) is 4.74 Å². The number of Topliss-reactive ketones (excluding diaryl/α,β-unsaturated/α-hetero) is 1. The minimum absolute atomic E-state index is 0.479. The van der Waals surface area contributed by atoms with Crippen molar-refractivity contribution in [3.63, 3.8) is 0 Å². The molecule has 162 valence electrons. The molecule has 0 bridgehead atoms. The molecule has 0 aromatic carbocycles. The molecule has 0 aliphatic heterocycles. The maximum Gasteiger partial charge on any atom is 0.458 e. The fourth-order valence-electron chi connectivity index (χ4n) is 1.12. The van der Waals surface area contributed by atoms with Gasteiger partial charge in [0.25, 0.3) is 0 Å². The van der Waals surface area contributed by atoms with Crippen LogP contribution in [-0.2, 0) is 14.3 Å². The third-order valence-corrected chi connectivity index (χ3v) is 2.61. The molecule has 0 saturated carbocycles. The number of ketones is 1. The summed E-state index contributed by atoms with van der Waals surface area (Å²) in [5.74, 6) is -22.7. The number of rotatable bonds is 7. The summed E-state index contributed by atoms with van der Waals surface area (Å²) >= 11 is 0. The SMILES string of the molecule is CC(=O)C(F)(OC(F)(F)C(F)(OC(F)(F)C(C)(F)F)C(F)(F)F)C(F)(F)F. The van der Waals surface area contributed by atoms with E-state index in [0.717, 1.165) is 0 Å². The third-order valence-electron chi connectivity index (χ3n) is 2.61. The zero-order valence-corrected chi connectivity index (χ0v) is 12.5. The summed E-state index contributed by atoms with van der Waals surface area (Å²) in [7, 11) is 0. The topological polar surface area (TPSA) is 35.5 Å². The van der Waals surface area contributed by atoms with Gasteiger partial charge in [-0.15, -0.1) is 0 Å². The Hall–Kier alpha value is -1.39. The van der Waals surface area contributed by atoms with Crippen molar-refractivity contribution in [3.8, 4) is 0 Å². The lowest BCUT2D eigenvalue weighted by Crippen LogP contribution is -2.66. The molecule has 0 saturated heterocycles. The van der Waals surface area contributed by atoms with Crippen LogP contribution in [0.1, 0.15) is 13.8 Å². The molecule has 0 N–H and O–H groups in total. The second-order valence-corrected chi connectivity index (χ2v) is 4.87. The summed E-state index contributed by atoms with van der Waals surface area (Å²) in [5, 5.41) is 0. The Bertz CT molecular complexity index is 561. The van der Waals surface area contributed by atoms with Gasteiger partial charge < -0.3 is 0 Å². The second kappa shape index (κ2) is 6.59. The van der Waals surface area contributed by atoms with Crippen LogP contribution in [0.4, 0.5) is 61.5 Å². The van der Waals surface area contributed by atoms with Gasteiger partial charge in [-0.1, -0.05) is 0 Å². The molecule has 0 radical (unpaired) electrons. The number of halogens is 14. The predicted octanol–water partition coefficient (Wildman–Crippen LogP) is 4.91. The fraction of sp³-hybridized carbons (Fsp3) is 0.900. The normalized spacial score (nSPS) is 19.4. The van der Waals surface area contributed by atoms with E-state index in [1.165, 1.54) is 0 Å². The lowest BCUT2D eigenvalue weighted by molar-refractivity contribution is -0.536. The van der Waals surface area contributed by atoms with E-state index in [4.69, 9.17) is 0 Å². The van der Waals surface area contributed by atoms with Crippen LogP contribution >= 0.6 is 0 Å². The Labute approximate surface area is 139 Å². The van der Waals surface area contributed by atoms with Crippen molar-refractivity contribution >= 4 is 5.78 Å². The van der Waals surface area contributed by atoms with Crippen molar-refractivity contribution in [3.05, 3.63) is 0 Å². The van der Waals surface area contributed by atoms with Crippen LogP contribution in [0.25, 0.3) is 0 Å². The van der Waals surface area contributed by atoms with Gasteiger partial charge in [0.2, 0.25) is 5.78 Å². The van der Waals surface area contributed by atoms with Crippen molar-refractivity contribution < 1.29 is 75.7 Å². The molecule has 0 heterocycles. The maximum absolute atomic E-state index is 13.6. The van der Waals surface area contributed by atoms with Gasteiger partial charge in [0, 0.05) is 13.8 Å². The maximum atomic E-state index is 13.6. The molecule has 3 nitrogen and oxygen atoms in total. The average Bonchev–Trinajstić information content (AvgIpc) is 2.32. The Balaban J connectivity index is 6.42. The van der Waals surface area contributed by atoms with Crippen LogP contribution in [0.15, 0.2) is 0 Å². The number of hydrogen-bond acceptors (Lipinski definition) is 3. The molecule has 0 fully saturated rings. The smallest absolute Gasteiger partial charge is 0.293 e. The van der Waals surface area contributed by atoms with Gasteiger partial charge in [-0.25, -0.2) is 0 Å². The van der Waals surface area contributed by atoms with E-state index < -0.39 is 61.8 Å². The third kappa shape index (κ3) is 4.55. The summed E-state index contributed by atoms with van der Waals surface area (Å²) < 4.78 is 182. The lowest BCUT2D eigenvalue weighted by Gasteiger charge is -2.39. The first-order valence-electron chi connectivity index (χ1n) is 5.92. The fourth-order valence-corrected chi connectivity index (χ4v) is 1.12. The first-order valence-corrected chi connectivity index (χ1v) is 5.92. The van der Waals surface area contributed by atoms with Crippen molar-refractivity contribution in [1.29, 1.82) is 0 Å². The van der Waals surface area contributed by atoms with Gasteiger partial charge in [0.15, 0.2) is 0 Å². The zero-order valence-electron chi connectivity index (χ0n) is 12.5. The van der Waals surface area contributed by atoms with Crippen LogP contribution < -0.4 is 0 Å². The number of alkyl halides is 14. The molecule has 0 aromatic rings. The van der Waals surface area contributed by atoms with Crippen molar-refractivity contribution in [1.82, 2.24) is 0 Å². The summed E-state index contributed by atoms with van der Waals surface area (Å²) in [6.07, 6.45) is -28.4. The Morgan fingerprint density at radius 3 is 1.22 bits per heavy atom. The van der Waals surface area contributed by atoms with E-state index in [9.17, 15) is 66.3 Å². The first kappa shape index (κ1) is 25.6. The molecular formula is C10H6F14O3. The van der Waals surface area contributed by atoms with Crippen molar-refractivity contribution in [2.45, 2.75) is 56.0 Å². The van der Waals surface area contributed by atoms with Gasteiger partial charge in [-0.05, 0) is 0 Å². The van der Waals surface area contributed by atoms with Gasteiger partial charge in [-0.3, -0.25) is 14.3 Å². The Morgan fingerprint density at radius 1 is 0.630 bits per heavy atom. The van der Waals surface area contributed by atoms with E-state index in [-0.39, 0.29) is 0 Å². The summed E-state index contributed by atoms with van der Waals surface area (Å²) in [5.41, 5.74) is 0. The van der Waals surface area contributed by atoms with E-state index in [2.05, 4.69) is 0 Å². The minimum Gasteiger partial charge on any atom is -0.293 e. The van der Waals surface area contributed by atoms with Crippen molar-refractivity contribution in [2.24, 2.45) is 0 Å². The first-order chi connectivity index (χ1) is 11.4. The van der Waals surface area contributed by atoms with Crippen LogP contribution in [0.2, 0.25) is 0 Å². The second-order valence-electron chi connectivity index (χ2n) is 4.87. The molecule has 27 heavy (non-hydrogen) atoms. The molecule has 17 heteroatoms. The quantitative estimate of drug-likeness (QED) is 0.529. The number of ether oxygens (including phenoxy) is 2. The highest BCUT2D eigenvalue weighted by Crippen LogP contribution is 2.54. The number of hydrogen-bond donors (Lipinski definition) is 0. The summed E-state index contributed by atoms with van der Waals surface area (Å²) in [6, 6.07) is 0. The minimum atomic E-state index is -7.48. The van der Waals surface area contributed by atoms with Crippen LogP contribution in [0.3, 0.4) is 0 Å². The Morgan fingerprint density at radius 2 is 1.00 bits per heavy atom. The molecule has 0 aromatic heterocycles. The van der Waals surface area contributed by atoms with Crippen LogP contribution in [-0.4, -0.2) is 48.0 Å². The van der Waals surface area contributed by atoms with Crippen LogP contribution in [0.5, 0.6) is 0 Å². The summed E-state index contributed by atoms with van der Waals surface area (Å²) in [4.78, 5) is 10.5.